The van der Waals surface area contributed by atoms with Crippen LogP contribution in [0.2, 0.25) is 0 Å². The molecule has 11 heavy (non-hydrogen) atoms. The third-order valence-electron chi connectivity index (χ3n) is 1.36. The van der Waals surface area contributed by atoms with Crippen LogP contribution in [0.5, 0.6) is 11.5 Å². The Morgan fingerprint density at radius 3 is 2.27 bits per heavy atom. The highest BCUT2D eigenvalue weighted by atomic mass is 79.9. The van der Waals surface area contributed by atoms with E-state index < -0.39 is 0 Å². The summed E-state index contributed by atoms with van der Waals surface area (Å²) in [6.07, 6.45) is 0. The van der Waals surface area contributed by atoms with Crippen molar-refractivity contribution in [2.24, 2.45) is 0 Å². The predicted molar refractivity (Wildman–Crippen MR) is 49.9 cm³/mol. The lowest BCUT2D eigenvalue weighted by molar-refractivity contribution is 0.439. The Morgan fingerprint density at radius 2 is 1.73 bits per heavy atom. The average molecular weight is 282 g/mol. The highest BCUT2D eigenvalue weighted by molar-refractivity contribution is 9.11. The van der Waals surface area contributed by atoms with Gasteiger partial charge in [-0.15, -0.1) is 0 Å². The maximum atomic E-state index is 9.28. The van der Waals surface area contributed by atoms with E-state index in [4.69, 9.17) is 0 Å². The molecule has 4 heteroatoms. The Balaban J connectivity index is 3.46. The molecule has 0 saturated carbocycles. The Bertz CT molecular complexity index is 271. The fraction of sp³-hybridized carbons (Fsp3) is 0.143. The minimum atomic E-state index is 0.0214. The first kappa shape index (κ1) is 8.87. The van der Waals surface area contributed by atoms with E-state index in [1.165, 1.54) is 0 Å². The molecule has 0 spiro atoms. The maximum Gasteiger partial charge on any atom is 0.147 e. The first-order valence-electron chi connectivity index (χ1n) is 2.90. The van der Waals surface area contributed by atoms with E-state index in [1.54, 1.807) is 13.0 Å². The lowest BCUT2D eigenvalue weighted by atomic mass is 10.2. The summed E-state index contributed by atoms with van der Waals surface area (Å²) < 4.78 is 0.893. The van der Waals surface area contributed by atoms with E-state index in [0.29, 0.717) is 14.5 Å². The molecule has 0 aliphatic carbocycles. The van der Waals surface area contributed by atoms with Gasteiger partial charge in [0.25, 0.3) is 0 Å². The van der Waals surface area contributed by atoms with E-state index in [1.807, 2.05) is 0 Å². The number of halogens is 2. The number of rotatable bonds is 0. The van der Waals surface area contributed by atoms with Gasteiger partial charge in [0.05, 0.1) is 4.47 Å². The zero-order valence-corrected chi connectivity index (χ0v) is 8.90. The lowest BCUT2D eigenvalue weighted by Crippen LogP contribution is -1.79. The third-order valence-corrected chi connectivity index (χ3v) is 2.71. The third kappa shape index (κ3) is 1.51. The molecule has 1 rings (SSSR count). The highest BCUT2D eigenvalue weighted by Gasteiger charge is 2.10. The first-order valence-corrected chi connectivity index (χ1v) is 4.49. The molecular weight excluding hydrogens is 276 g/mol. The second-order valence-electron chi connectivity index (χ2n) is 2.19. The van der Waals surface area contributed by atoms with Gasteiger partial charge in [0.15, 0.2) is 0 Å². The normalized spacial score (nSPS) is 10.1. The second kappa shape index (κ2) is 3.03. The van der Waals surface area contributed by atoms with Crippen LogP contribution in [-0.2, 0) is 0 Å². The van der Waals surface area contributed by atoms with Crippen molar-refractivity contribution in [2.75, 3.05) is 0 Å². The Labute approximate surface area is 81.1 Å². The number of hydrogen-bond donors (Lipinski definition) is 2. The highest BCUT2D eigenvalue weighted by Crippen LogP contribution is 2.40. The molecule has 0 radical (unpaired) electrons. The average Bonchev–Trinajstić information content (AvgIpc) is 1.97. The molecule has 1 aromatic rings. The van der Waals surface area contributed by atoms with Crippen molar-refractivity contribution in [3.8, 4) is 11.5 Å². The summed E-state index contributed by atoms with van der Waals surface area (Å²) >= 11 is 6.19. The molecule has 1 aromatic carbocycles. The second-order valence-corrected chi connectivity index (χ2v) is 3.83. The molecule has 0 amide bonds. The number of benzene rings is 1. The minimum absolute atomic E-state index is 0.0214. The van der Waals surface area contributed by atoms with Crippen molar-refractivity contribution >= 4 is 31.9 Å². The fourth-order valence-corrected chi connectivity index (χ4v) is 2.05. The number of aromatic hydroxyl groups is 2. The van der Waals surface area contributed by atoms with Gasteiger partial charge in [-0.25, -0.2) is 0 Å². The van der Waals surface area contributed by atoms with Gasteiger partial charge < -0.3 is 10.2 Å². The molecule has 0 fully saturated rings. The molecule has 0 saturated heterocycles. The van der Waals surface area contributed by atoms with Crippen LogP contribution < -0.4 is 0 Å². The quantitative estimate of drug-likeness (QED) is 0.768. The lowest BCUT2D eigenvalue weighted by Gasteiger charge is -2.05. The van der Waals surface area contributed by atoms with Crippen molar-refractivity contribution < 1.29 is 10.2 Å². The summed E-state index contributed by atoms with van der Waals surface area (Å²) in [5, 5.41) is 18.5. The van der Waals surface area contributed by atoms with Crippen molar-refractivity contribution in [2.45, 2.75) is 6.92 Å². The van der Waals surface area contributed by atoms with Gasteiger partial charge in [0.2, 0.25) is 0 Å². The van der Waals surface area contributed by atoms with Crippen LogP contribution in [0.1, 0.15) is 5.56 Å². The van der Waals surface area contributed by atoms with Crippen LogP contribution in [0.3, 0.4) is 0 Å². The van der Waals surface area contributed by atoms with E-state index >= 15 is 0 Å². The summed E-state index contributed by atoms with van der Waals surface area (Å²) in [6.45, 7) is 1.75. The van der Waals surface area contributed by atoms with Crippen molar-refractivity contribution in [1.82, 2.24) is 0 Å². The van der Waals surface area contributed by atoms with Gasteiger partial charge in [-0.05, 0) is 50.4 Å². The molecule has 0 aliphatic heterocycles. The van der Waals surface area contributed by atoms with Gasteiger partial charge in [0.1, 0.15) is 16.0 Å². The summed E-state index contributed by atoms with van der Waals surface area (Å²) in [7, 11) is 0. The van der Waals surface area contributed by atoms with E-state index in [0.717, 1.165) is 0 Å². The monoisotopic (exact) mass is 280 g/mol. The number of phenolic OH excluding ortho intramolecular Hbond substituents is 2. The summed E-state index contributed by atoms with van der Waals surface area (Å²) in [5.74, 6) is 0.0961. The number of phenols is 2. The summed E-state index contributed by atoms with van der Waals surface area (Å²) in [5.41, 5.74) is 0.710. The van der Waals surface area contributed by atoms with E-state index in [9.17, 15) is 10.2 Å². The molecule has 2 N–H and O–H groups in total. The molecule has 2 nitrogen and oxygen atoms in total. The van der Waals surface area contributed by atoms with Gasteiger partial charge in [-0.3, -0.25) is 0 Å². The Morgan fingerprint density at radius 1 is 1.18 bits per heavy atom. The minimum Gasteiger partial charge on any atom is -0.506 e. The van der Waals surface area contributed by atoms with Gasteiger partial charge in [0, 0.05) is 0 Å². The fourth-order valence-electron chi connectivity index (χ4n) is 0.717. The molecule has 0 unspecified atom stereocenters. The van der Waals surface area contributed by atoms with Crippen LogP contribution in [0.4, 0.5) is 0 Å². The zero-order chi connectivity index (χ0) is 8.59. The van der Waals surface area contributed by atoms with Crippen LogP contribution in [0.25, 0.3) is 0 Å². The van der Waals surface area contributed by atoms with Crippen LogP contribution in [0.15, 0.2) is 15.0 Å². The first-order chi connectivity index (χ1) is 5.04. The molecule has 0 aromatic heterocycles. The summed E-state index contributed by atoms with van der Waals surface area (Å²) in [6, 6.07) is 1.65. The topological polar surface area (TPSA) is 40.5 Å². The number of aryl methyl sites for hydroxylation is 1. The molecule has 60 valence electrons. The largest absolute Gasteiger partial charge is 0.506 e. The van der Waals surface area contributed by atoms with Crippen molar-refractivity contribution in [3.63, 3.8) is 0 Å². The Kier molecular flexibility index (Phi) is 2.44. The van der Waals surface area contributed by atoms with Gasteiger partial charge in [-0.2, -0.15) is 0 Å². The maximum absolute atomic E-state index is 9.28. The van der Waals surface area contributed by atoms with E-state index in [2.05, 4.69) is 31.9 Å². The van der Waals surface area contributed by atoms with Crippen LogP contribution in [-0.4, -0.2) is 10.2 Å². The van der Waals surface area contributed by atoms with E-state index in [-0.39, 0.29) is 11.5 Å². The molecule has 0 atom stereocenters. The van der Waals surface area contributed by atoms with Crippen molar-refractivity contribution in [1.29, 1.82) is 0 Å². The van der Waals surface area contributed by atoms with Crippen molar-refractivity contribution in [3.05, 3.63) is 20.6 Å². The van der Waals surface area contributed by atoms with Crippen LogP contribution in [0, 0.1) is 6.92 Å². The van der Waals surface area contributed by atoms with Gasteiger partial charge >= 0.3 is 0 Å². The summed E-state index contributed by atoms with van der Waals surface area (Å²) in [4.78, 5) is 0. The standard InChI is InChI=1S/C7H6Br2O2/c1-3-2-4(8)7(11)5(9)6(3)10/h2,10-11H,1H3. The number of hydrogen-bond acceptors (Lipinski definition) is 2. The molecule has 0 aliphatic rings. The molecular formula is C7H6Br2O2. The Hall–Kier alpha value is -0.220. The smallest absolute Gasteiger partial charge is 0.147 e. The zero-order valence-electron chi connectivity index (χ0n) is 5.73. The van der Waals surface area contributed by atoms with Gasteiger partial charge in [-0.1, -0.05) is 0 Å². The molecule has 0 bridgehead atoms. The van der Waals surface area contributed by atoms with Crippen LogP contribution >= 0.6 is 31.9 Å². The SMILES string of the molecule is Cc1cc(Br)c(O)c(Br)c1O. The molecule has 0 heterocycles. The predicted octanol–water partition coefficient (Wildman–Crippen LogP) is 2.93.